The van der Waals surface area contributed by atoms with E-state index in [4.69, 9.17) is 14.2 Å². The van der Waals surface area contributed by atoms with E-state index >= 15 is 0 Å². The van der Waals surface area contributed by atoms with Gasteiger partial charge in [0.1, 0.15) is 11.7 Å². The van der Waals surface area contributed by atoms with Gasteiger partial charge in [0.25, 0.3) is 5.91 Å². The summed E-state index contributed by atoms with van der Waals surface area (Å²) in [5, 5.41) is 6.71. The molecule has 8 heteroatoms. The maximum atomic E-state index is 14.0. The molecule has 3 aromatic carbocycles. The molecule has 44 heavy (non-hydrogen) atoms. The Bertz CT molecular complexity index is 1560. The summed E-state index contributed by atoms with van der Waals surface area (Å²) in [5.74, 6) is -0.934. The summed E-state index contributed by atoms with van der Waals surface area (Å²) >= 11 is 0. The van der Waals surface area contributed by atoms with Crippen LogP contribution in [0, 0.1) is 13.8 Å². The zero-order chi connectivity index (χ0) is 30.7. The summed E-state index contributed by atoms with van der Waals surface area (Å²) in [6.45, 7) is 9.97. The number of aryl methyl sites for hydroxylation is 2. The van der Waals surface area contributed by atoms with Crippen LogP contribution < -0.4 is 10.6 Å². The highest BCUT2D eigenvalue weighted by molar-refractivity contribution is 6.12. The van der Waals surface area contributed by atoms with E-state index in [-0.39, 0.29) is 23.7 Å². The molecule has 0 radical (unpaired) electrons. The molecule has 1 fully saturated rings. The zero-order valence-corrected chi connectivity index (χ0v) is 25.5. The van der Waals surface area contributed by atoms with Crippen LogP contribution >= 0.6 is 0 Å². The molecular formula is C36H39N3O5. The number of esters is 1. The molecule has 1 saturated heterocycles. The second-order valence-corrected chi connectivity index (χ2v) is 11.5. The average molecular weight is 594 g/mol. The van der Waals surface area contributed by atoms with Crippen LogP contribution in [0.15, 0.2) is 96.1 Å². The van der Waals surface area contributed by atoms with E-state index in [1.807, 2.05) is 74.5 Å². The second-order valence-electron chi connectivity index (χ2n) is 11.5. The fourth-order valence-corrected chi connectivity index (χ4v) is 6.36. The third kappa shape index (κ3) is 5.80. The van der Waals surface area contributed by atoms with E-state index in [1.165, 1.54) is 5.56 Å². The van der Waals surface area contributed by atoms with Gasteiger partial charge in [0, 0.05) is 31.0 Å². The summed E-state index contributed by atoms with van der Waals surface area (Å²) in [6.07, 6.45) is 3.08. The molecular weight excluding hydrogens is 554 g/mol. The Hall–Kier alpha value is -4.24. The molecule has 1 amide bonds. The van der Waals surface area contributed by atoms with Gasteiger partial charge in [-0.3, -0.25) is 9.69 Å². The van der Waals surface area contributed by atoms with Crippen molar-refractivity contribution in [3.05, 3.63) is 118 Å². The summed E-state index contributed by atoms with van der Waals surface area (Å²) in [7, 11) is 0. The van der Waals surface area contributed by atoms with Crippen LogP contribution in [0.4, 0.5) is 11.4 Å². The fourth-order valence-electron chi connectivity index (χ4n) is 6.36. The number of fused-ring (bicyclic) bond motifs is 2. The molecule has 3 heterocycles. The number of hydrogen-bond donors (Lipinski definition) is 2. The van der Waals surface area contributed by atoms with Crippen molar-refractivity contribution in [2.24, 2.45) is 0 Å². The maximum absolute atomic E-state index is 14.0. The summed E-state index contributed by atoms with van der Waals surface area (Å²) < 4.78 is 17.8. The maximum Gasteiger partial charge on any atom is 0.337 e. The number of ether oxygens (including phenoxy) is 3. The van der Waals surface area contributed by atoms with Crippen molar-refractivity contribution in [1.82, 2.24) is 4.90 Å². The lowest BCUT2D eigenvalue weighted by atomic mass is 9.78. The van der Waals surface area contributed by atoms with E-state index in [0.29, 0.717) is 0 Å². The Labute approximate surface area is 258 Å². The van der Waals surface area contributed by atoms with E-state index in [1.54, 1.807) is 6.92 Å². The first-order chi connectivity index (χ1) is 21.4. The van der Waals surface area contributed by atoms with Gasteiger partial charge in [-0.15, -0.1) is 0 Å². The molecule has 3 atom stereocenters. The molecule has 2 N–H and O–H groups in total. The molecule has 0 aromatic heterocycles. The van der Waals surface area contributed by atoms with Crippen LogP contribution in [-0.4, -0.2) is 61.4 Å². The lowest BCUT2D eigenvalue weighted by Crippen LogP contribution is -2.42. The third-order valence-corrected chi connectivity index (χ3v) is 8.57. The number of carbonyl (C=O) groups is 2. The topological polar surface area (TPSA) is 89.1 Å². The predicted octanol–water partition coefficient (Wildman–Crippen LogP) is 5.49. The third-order valence-electron chi connectivity index (χ3n) is 8.57. The molecule has 0 saturated carbocycles. The molecule has 3 aromatic rings. The predicted molar refractivity (Wildman–Crippen MR) is 170 cm³/mol. The van der Waals surface area contributed by atoms with E-state index in [9.17, 15) is 9.59 Å². The number of para-hydroxylation sites is 2. The highest BCUT2D eigenvalue weighted by atomic mass is 16.5. The number of carbonyl (C=O) groups excluding carboxylic acids is 2. The first-order valence-corrected chi connectivity index (χ1v) is 15.3. The van der Waals surface area contributed by atoms with Crippen molar-refractivity contribution in [3.63, 3.8) is 0 Å². The standard InChI is InChI=1S/C36H39N3O5/c1-4-43-35(41)31-30(34(40)38-32-24(2)9-8-10-25(32)3)29-17-18-36(31,44-29)33(37-28-11-6-5-7-12-28)27-15-13-26(14-16-27)23-39-19-21-42-22-20-39/h5-18,29,33,37H,4,19-23H2,1-3H3,(H,38,40)/t29-,33+,36+/m1/s1. The normalized spacial score (nSPS) is 21.8. The summed E-state index contributed by atoms with van der Waals surface area (Å²) in [5.41, 5.74) is 4.80. The van der Waals surface area contributed by atoms with Gasteiger partial charge >= 0.3 is 5.97 Å². The van der Waals surface area contributed by atoms with Crippen LogP contribution in [0.2, 0.25) is 0 Å². The number of amides is 1. The van der Waals surface area contributed by atoms with E-state index < -0.39 is 23.7 Å². The molecule has 2 bridgehead atoms. The van der Waals surface area contributed by atoms with Crippen LogP contribution in [0.25, 0.3) is 0 Å². The zero-order valence-electron chi connectivity index (χ0n) is 25.5. The van der Waals surface area contributed by atoms with Crippen molar-refractivity contribution >= 4 is 23.3 Å². The fraction of sp³-hybridized carbons (Fsp3) is 0.333. The molecule has 0 aliphatic carbocycles. The lowest BCUT2D eigenvalue weighted by molar-refractivity contribution is -0.140. The quantitative estimate of drug-likeness (QED) is 0.237. The van der Waals surface area contributed by atoms with E-state index in [2.05, 4.69) is 39.8 Å². The second kappa shape index (κ2) is 12.8. The number of rotatable bonds is 10. The largest absolute Gasteiger partial charge is 0.463 e. The van der Waals surface area contributed by atoms with Gasteiger partial charge < -0.3 is 24.8 Å². The Morgan fingerprint density at radius 2 is 1.68 bits per heavy atom. The van der Waals surface area contributed by atoms with Crippen LogP contribution in [-0.2, 0) is 30.3 Å². The van der Waals surface area contributed by atoms with Gasteiger partial charge in [-0.05, 0) is 61.2 Å². The number of anilines is 2. The minimum Gasteiger partial charge on any atom is -0.463 e. The first-order valence-electron chi connectivity index (χ1n) is 15.3. The lowest BCUT2D eigenvalue weighted by Gasteiger charge is -2.36. The SMILES string of the molecule is CCOC(=O)C1=C(C(=O)Nc2c(C)cccc2C)[C@H]2C=C[C@]1([C@@H](Nc1ccccc1)c1ccc(CN3CCOCC3)cc1)O2. The van der Waals surface area contributed by atoms with Crippen molar-refractivity contribution in [2.75, 3.05) is 43.5 Å². The number of nitrogens with one attached hydrogen (secondary N) is 2. The van der Waals surface area contributed by atoms with Gasteiger partial charge in [0.15, 0.2) is 0 Å². The minimum absolute atomic E-state index is 0.172. The average Bonchev–Trinajstić information content (AvgIpc) is 3.62. The summed E-state index contributed by atoms with van der Waals surface area (Å²) in [6, 6.07) is 23.5. The Balaban J connectivity index is 1.40. The smallest absolute Gasteiger partial charge is 0.337 e. The van der Waals surface area contributed by atoms with Crippen molar-refractivity contribution in [3.8, 4) is 0 Å². The Morgan fingerprint density at radius 1 is 0.977 bits per heavy atom. The number of benzene rings is 3. The van der Waals surface area contributed by atoms with Crippen molar-refractivity contribution in [2.45, 2.75) is 45.1 Å². The van der Waals surface area contributed by atoms with Gasteiger partial charge in [-0.25, -0.2) is 4.79 Å². The summed E-state index contributed by atoms with van der Waals surface area (Å²) in [4.78, 5) is 30.2. The molecule has 0 unspecified atom stereocenters. The molecule has 228 valence electrons. The Kier molecular flexibility index (Phi) is 8.66. The minimum atomic E-state index is -1.27. The number of hydrogen-bond acceptors (Lipinski definition) is 7. The number of morpholine rings is 1. The molecule has 6 rings (SSSR count). The molecule has 3 aliphatic rings. The highest BCUT2D eigenvalue weighted by Gasteiger charge is 2.58. The van der Waals surface area contributed by atoms with Crippen molar-refractivity contribution in [1.29, 1.82) is 0 Å². The first kappa shape index (κ1) is 29.8. The van der Waals surface area contributed by atoms with Crippen molar-refractivity contribution < 1.29 is 23.8 Å². The molecule has 3 aliphatic heterocycles. The van der Waals surface area contributed by atoms with Gasteiger partial charge in [0.05, 0.1) is 37.0 Å². The monoisotopic (exact) mass is 593 g/mol. The van der Waals surface area contributed by atoms with Gasteiger partial charge in [-0.1, -0.05) is 66.7 Å². The van der Waals surface area contributed by atoms with Crippen LogP contribution in [0.3, 0.4) is 0 Å². The molecule has 8 nitrogen and oxygen atoms in total. The van der Waals surface area contributed by atoms with Gasteiger partial charge in [-0.2, -0.15) is 0 Å². The number of nitrogens with zero attached hydrogens (tertiary/aromatic N) is 1. The van der Waals surface area contributed by atoms with Crippen LogP contribution in [0.5, 0.6) is 0 Å². The highest BCUT2D eigenvalue weighted by Crippen LogP contribution is 2.51. The van der Waals surface area contributed by atoms with E-state index in [0.717, 1.165) is 60.9 Å². The van der Waals surface area contributed by atoms with Crippen LogP contribution in [0.1, 0.15) is 35.2 Å². The van der Waals surface area contributed by atoms with Gasteiger partial charge in [0.2, 0.25) is 0 Å². The Morgan fingerprint density at radius 3 is 2.36 bits per heavy atom. The molecule has 0 spiro atoms.